The van der Waals surface area contributed by atoms with Crippen molar-refractivity contribution in [2.45, 2.75) is 11.8 Å². The molecule has 1 aromatic heterocycles. The fourth-order valence-electron chi connectivity index (χ4n) is 1.53. The first kappa shape index (κ1) is 20.0. The van der Waals surface area contributed by atoms with Crippen LogP contribution in [0.2, 0.25) is 0 Å². The first-order valence-corrected chi connectivity index (χ1v) is 7.34. The van der Waals surface area contributed by atoms with Crippen LogP contribution in [0.25, 0.3) is 0 Å². The molecule has 9 nitrogen and oxygen atoms in total. The average Bonchev–Trinajstić information content (AvgIpc) is 2.94. The zero-order valence-corrected chi connectivity index (χ0v) is 16.2. The molecule has 1 aromatic carbocycles. The second-order valence-corrected chi connectivity index (χ2v) is 5.62. The van der Waals surface area contributed by atoms with Crippen LogP contribution in [0.15, 0.2) is 50.8 Å². The third-order valence-corrected chi connectivity index (χ3v) is 3.50. The zero-order valence-electron chi connectivity index (χ0n) is 12.3. The molecular formula is C12H11KN3O6S+. The Morgan fingerprint density at radius 3 is 2.35 bits per heavy atom. The van der Waals surface area contributed by atoms with Crippen LogP contribution in [0.4, 0.5) is 11.6 Å². The van der Waals surface area contributed by atoms with Gasteiger partial charge < -0.3 is 4.42 Å². The van der Waals surface area contributed by atoms with Gasteiger partial charge in [0.1, 0.15) is 10.6 Å². The Bertz CT molecular complexity index is 829. The van der Waals surface area contributed by atoms with Crippen LogP contribution in [-0.2, 0) is 10.1 Å². The van der Waals surface area contributed by atoms with E-state index in [9.17, 15) is 18.5 Å². The van der Waals surface area contributed by atoms with Crippen molar-refractivity contribution in [1.82, 2.24) is 0 Å². The SMILES string of the molecule is C/C(=N\Nc1ccc(S(=O)(=O)O)cc1)c1ccc([N+](=O)[O-])o1.[K+]. The predicted octanol–water partition coefficient (Wildman–Crippen LogP) is -0.725. The third-order valence-electron chi connectivity index (χ3n) is 2.63. The Hall–Kier alpha value is -1.08. The van der Waals surface area contributed by atoms with Gasteiger partial charge in [0, 0.05) is 0 Å². The quantitative estimate of drug-likeness (QED) is 0.235. The minimum atomic E-state index is -4.24. The molecule has 0 aliphatic rings. The monoisotopic (exact) mass is 364 g/mol. The predicted molar refractivity (Wildman–Crippen MR) is 77.5 cm³/mol. The second kappa shape index (κ2) is 8.14. The van der Waals surface area contributed by atoms with Crippen LogP contribution in [0.3, 0.4) is 0 Å². The van der Waals surface area contributed by atoms with Crippen molar-refractivity contribution in [3.63, 3.8) is 0 Å². The van der Waals surface area contributed by atoms with E-state index in [4.69, 9.17) is 8.97 Å². The molecule has 0 saturated heterocycles. The minimum absolute atomic E-state index is 0. The van der Waals surface area contributed by atoms with E-state index in [1.54, 1.807) is 6.92 Å². The van der Waals surface area contributed by atoms with E-state index in [2.05, 4.69) is 10.5 Å². The van der Waals surface area contributed by atoms with Gasteiger partial charge in [-0.15, -0.1) is 0 Å². The van der Waals surface area contributed by atoms with Crippen molar-refractivity contribution in [1.29, 1.82) is 0 Å². The molecule has 0 radical (unpaired) electrons. The number of nitro groups is 1. The maximum Gasteiger partial charge on any atom is 1.00 e. The van der Waals surface area contributed by atoms with Gasteiger partial charge in [-0.25, -0.2) is 0 Å². The van der Waals surface area contributed by atoms with Crippen molar-refractivity contribution < 1.29 is 73.7 Å². The van der Waals surface area contributed by atoms with Crippen LogP contribution < -0.4 is 56.8 Å². The Morgan fingerprint density at radius 2 is 1.87 bits per heavy atom. The number of nitrogens with zero attached hydrogens (tertiary/aromatic N) is 2. The van der Waals surface area contributed by atoms with Crippen molar-refractivity contribution in [2.75, 3.05) is 5.43 Å². The van der Waals surface area contributed by atoms with Gasteiger partial charge >= 0.3 is 57.3 Å². The number of hydrogen-bond acceptors (Lipinski definition) is 7. The number of hydrogen-bond donors (Lipinski definition) is 2. The van der Waals surface area contributed by atoms with Crippen molar-refractivity contribution in [2.24, 2.45) is 5.10 Å². The number of anilines is 1. The van der Waals surface area contributed by atoms with Crippen LogP contribution >= 0.6 is 0 Å². The normalized spacial score (nSPS) is 11.7. The number of nitrogens with one attached hydrogen (secondary N) is 1. The summed E-state index contributed by atoms with van der Waals surface area (Å²) in [4.78, 5) is 9.63. The maximum absolute atomic E-state index is 10.9. The van der Waals surface area contributed by atoms with E-state index in [0.29, 0.717) is 11.4 Å². The van der Waals surface area contributed by atoms with Gasteiger partial charge in [0.05, 0.1) is 16.6 Å². The van der Waals surface area contributed by atoms with Gasteiger partial charge in [0.2, 0.25) is 0 Å². The van der Waals surface area contributed by atoms with Crippen LogP contribution in [-0.4, -0.2) is 23.6 Å². The van der Waals surface area contributed by atoms with E-state index in [-0.39, 0.29) is 67.9 Å². The number of furan rings is 1. The van der Waals surface area contributed by atoms with Gasteiger partial charge in [-0.05, 0) is 37.3 Å². The van der Waals surface area contributed by atoms with E-state index in [1.807, 2.05) is 0 Å². The Kier molecular flexibility index (Phi) is 7.07. The number of hydrazone groups is 1. The van der Waals surface area contributed by atoms with Gasteiger partial charge in [-0.1, -0.05) is 0 Å². The van der Waals surface area contributed by atoms with Crippen LogP contribution in [0, 0.1) is 10.1 Å². The molecule has 0 amide bonds. The van der Waals surface area contributed by atoms with E-state index in [1.165, 1.54) is 36.4 Å². The zero-order chi connectivity index (χ0) is 16.3. The Labute approximate surface area is 174 Å². The molecule has 2 aromatic rings. The Morgan fingerprint density at radius 1 is 1.26 bits per heavy atom. The van der Waals surface area contributed by atoms with Gasteiger partial charge in [-0.2, -0.15) is 13.5 Å². The van der Waals surface area contributed by atoms with E-state index < -0.39 is 15.0 Å². The topological polar surface area (TPSA) is 135 Å². The first-order chi connectivity index (χ1) is 10.3. The second-order valence-electron chi connectivity index (χ2n) is 4.20. The summed E-state index contributed by atoms with van der Waals surface area (Å²) in [6, 6.07) is 7.87. The summed E-state index contributed by atoms with van der Waals surface area (Å²) in [5.74, 6) is -0.157. The molecule has 0 bridgehead atoms. The molecule has 116 valence electrons. The van der Waals surface area contributed by atoms with E-state index in [0.717, 1.165) is 0 Å². The molecule has 2 N–H and O–H groups in total. The molecule has 0 saturated carbocycles. The number of rotatable bonds is 5. The molecular weight excluding hydrogens is 353 g/mol. The molecule has 23 heavy (non-hydrogen) atoms. The van der Waals surface area contributed by atoms with Gasteiger partial charge in [0.15, 0.2) is 5.76 Å². The van der Waals surface area contributed by atoms with Crippen LogP contribution in [0.1, 0.15) is 12.7 Å². The standard InChI is InChI=1S/C12H11N3O6S.K/c1-8(11-6-7-12(21-11)15(16)17)13-14-9-2-4-10(5-3-9)22(18,19)20;/h2-7,14H,1H3,(H,18,19,20);/q;+1/b13-8+;. The Balaban J connectivity index is 0.00000264. The van der Waals surface area contributed by atoms with E-state index >= 15 is 0 Å². The summed E-state index contributed by atoms with van der Waals surface area (Å²) < 4.78 is 35.6. The summed E-state index contributed by atoms with van der Waals surface area (Å²) in [5, 5.41) is 14.5. The molecule has 0 aliphatic heterocycles. The fourth-order valence-corrected chi connectivity index (χ4v) is 2.01. The van der Waals surface area contributed by atoms with Crippen molar-refractivity contribution in [3.05, 3.63) is 52.3 Å². The molecule has 0 fully saturated rings. The van der Waals surface area contributed by atoms with Crippen molar-refractivity contribution >= 4 is 27.4 Å². The molecule has 0 atom stereocenters. The van der Waals surface area contributed by atoms with Gasteiger partial charge in [-0.3, -0.25) is 20.1 Å². The minimum Gasteiger partial charge on any atom is -0.399 e. The molecule has 11 heteroatoms. The molecule has 0 unspecified atom stereocenters. The fraction of sp³-hybridized carbons (Fsp3) is 0.0833. The summed E-state index contributed by atoms with van der Waals surface area (Å²) in [5.41, 5.74) is 3.47. The first-order valence-electron chi connectivity index (χ1n) is 5.90. The third kappa shape index (κ3) is 5.49. The molecule has 0 aliphatic carbocycles. The maximum atomic E-state index is 10.9. The van der Waals surface area contributed by atoms with Crippen molar-refractivity contribution in [3.8, 4) is 0 Å². The molecule has 2 rings (SSSR count). The molecule has 0 spiro atoms. The van der Waals surface area contributed by atoms with Gasteiger partial charge in [0.25, 0.3) is 10.1 Å². The summed E-state index contributed by atoms with van der Waals surface area (Å²) >= 11 is 0. The summed E-state index contributed by atoms with van der Waals surface area (Å²) in [7, 11) is -4.24. The van der Waals surface area contributed by atoms with Crippen LogP contribution in [0.5, 0.6) is 0 Å². The summed E-state index contributed by atoms with van der Waals surface area (Å²) in [6.45, 7) is 1.59. The average molecular weight is 364 g/mol. The largest absolute Gasteiger partial charge is 1.00 e. The smallest absolute Gasteiger partial charge is 0.399 e. The molecule has 1 heterocycles. The summed E-state index contributed by atoms with van der Waals surface area (Å²) in [6.07, 6.45) is 0. The number of benzene rings is 1.